The Kier molecular flexibility index (Phi) is 7.09. The monoisotopic (exact) mass is 435 g/mol. The summed E-state index contributed by atoms with van der Waals surface area (Å²) in [6, 6.07) is 7.63. The topological polar surface area (TPSA) is 69.2 Å². The summed E-state index contributed by atoms with van der Waals surface area (Å²) in [5, 5.41) is 9.89. The van der Waals surface area contributed by atoms with Crippen LogP contribution in [0.15, 0.2) is 34.9 Å². The molecule has 1 aromatic carbocycles. The van der Waals surface area contributed by atoms with Gasteiger partial charge in [0.2, 0.25) is 0 Å². The Balaban J connectivity index is 2.36. The minimum Gasteiger partial charge on any atom is -0.465 e. The van der Waals surface area contributed by atoms with Crippen LogP contribution in [0.4, 0.5) is 4.79 Å². The molecule has 2 N–H and O–H groups in total. The van der Waals surface area contributed by atoms with E-state index in [4.69, 9.17) is 4.98 Å². The molecule has 1 unspecified atom stereocenters. The molecule has 5 nitrogen and oxygen atoms in total. The van der Waals surface area contributed by atoms with Gasteiger partial charge in [-0.2, -0.15) is 0 Å². The number of rotatable bonds is 7. The summed E-state index contributed by atoms with van der Waals surface area (Å²) in [6.07, 6.45) is 3.70. The quantitative estimate of drug-likeness (QED) is 0.522. The van der Waals surface area contributed by atoms with Gasteiger partial charge in [-0.05, 0) is 45.2 Å². The lowest BCUT2D eigenvalue weighted by Crippen LogP contribution is -2.47. The van der Waals surface area contributed by atoms with E-state index in [0.717, 1.165) is 35.0 Å². The smallest absolute Gasteiger partial charge is 0.408 e. The molecule has 1 heterocycles. The molecule has 0 aliphatic rings. The molecule has 0 fully saturated rings. The van der Waals surface area contributed by atoms with E-state index in [0.29, 0.717) is 11.7 Å². The van der Waals surface area contributed by atoms with Crippen molar-refractivity contribution in [1.82, 2.24) is 14.9 Å². The number of benzene rings is 1. The number of hydrogen-bond acceptors (Lipinski definition) is 2. The molecule has 27 heavy (non-hydrogen) atoms. The van der Waals surface area contributed by atoms with Crippen LogP contribution in [0.2, 0.25) is 0 Å². The van der Waals surface area contributed by atoms with Crippen LogP contribution in [0.25, 0.3) is 11.3 Å². The zero-order chi connectivity index (χ0) is 20.2. The van der Waals surface area contributed by atoms with Crippen molar-refractivity contribution < 1.29 is 9.90 Å². The highest BCUT2D eigenvalue weighted by Gasteiger charge is 2.35. The molecule has 1 aromatic heterocycles. The van der Waals surface area contributed by atoms with Gasteiger partial charge in [0, 0.05) is 21.8 Å². The summed E-state index contributed by atoms with van der Waals surface area (Å²) in [5.41, 5.74) is 1.29. The fourth-order valence-corrected chi connectivity index (χ4v) is 3.70. The van der Waals surface area contributed by atoms with Crippen LogP contribution < -0.4 is 0 Å². The van der Waals surface area contributed by atoms with Crippen molar-refractivity contribution in [3.63, 3.8) is 0 Å². The van der Waals surface area contributed by atoms with Gasteiger partial charge < -0.3 is 10.1 Å². The third kappa shape index (κ3) is 5.83. The molecule has 148 valence electrons. The van der Waals surface area contributed by atoms with Crippen molar-refractivity contribution in [1.29, 1.82) is 0 Å². The van der Waals surface area contributed by atoms with E-state index in [1.165, 1.54) is 4.90 Å². The molecular weight excluding hydrogens is 406 g/mol. The SMILES string of the molecule is CC(C)CCCC(c1nc(-c2cccc(Br)c2)c[nH]1)N(C(=O)O)C(C)(C)C. The number of imidazole rings is 1. The fourth-order valence-electron chi connectivity index (χ4n) is 3.30. The van der Waals surface area contributed by atoms with Crippen molar-refractivity contribution in [3.8, 4) is 11.3 Å². The van der Waals surface area contributed by atoms with E-state index in [1.54, 1.807) is 0 Å². The lowest BCUT2D eigenvalue weighted by molar-refractivity contribution is 0.0628. The first kappa shape index (κ1) is 21.5. The summed E-state index contributed by atoms with van der Waals surface area (Å²) in [5.74, 6) is 1.29. The molecule has 2 rings (SSSR count). The van der Waals surface area contributed by atoms with Gasteiger partial charge in [-0.15, -0.1) is 0 Å². The number of amides is 1. The standard InChI is InChI=1S/C21H30BrN3O2/c1-14(2)8-6-11-18(25(20(26)27)21(3,4)5)19-23-13-17(24-19)15-9-7-10-16(22)12-15/h7,9-10,12-14,18H,6,8,11H2,1-5H3,(H,23,24)(H,26,27). The Labute approximate surface area is 170 Å². The Hall–Kier alpha value is -1.82. The molecule has 0 saturated heterocycles. The minimum absolute atomic E-state index is 0.304. The zero-order valence-electron chi connectivity index (χ0n) is 16.8. The predicted molar refractivity (Wildman–Crippen MR) is 113 cm³/mol. The number of nitrogens with one attached hydrogen (secondary N) is 1. The number of nitrogens with zero attached hydrogens (tertiary/aromatic N) is 2. The summed E-state index contributed by atoms with van der Waals surface area (Å²) in [4.78, 5) is 21.6. The molecule has 6 heteroatoms. The molecule has 1 amide bonds. The Morgan fingerprint density at radius 2 is 2.00 bits per heavy atom. The molecule has 0 aliphatic carbocycles. The summed E-state index contributed by atoms with van der Waals surface area (Å²) < 4.78 is 0.986. The van der Waals surface area contributed by atoms with Gasteiger partial charge in [-0.1, -0.05) is 54.8 Å². The van der Waals surface area contributed by atoms with Crippen molar-refractivity contribution in [3.05, 3.63) is 40.8 Å². The molecule has 0 saturated carbocycles. The molecular formula is C21H30BrN3O2. The van der Waals surface area contributed by atoms with Gasteiger partial charge in [0.1, 0.15) is 5.82 Å². The normalized spacial score (nSPS) is 13.0. The second-order valence-corrected chi connectivity index (χ2v) is 9.26. The Bertz CT molecular complexity index is 765. The summed E-state index contributed by atoms with van der Waals surface area (Å²) >= 11 is 3.49. The Morgan fingerprint density at radius 3 is 2.56 bits per heavy atom. The predicted octanol–water partition coefficient (Wildman–Crippen LogP) is 6.49. The van der Waals surface area contributed by atoms with Crippen LogP contribution in [0.1, 0.15) is 65.7 Å². The highest BCUT2D eigenvalue weighted by Crippen LogP contribution is 2.33. The molecule has 0 aliphatic heterocycles. The molecule has 1 atom stereocenters. The first-order valence-electron chi connectivity index (χ1n) is 9.43. The van der Waals surface area contributed by atoms with Crippen molar-refractivity contribution in [2.75, 3.05) is 0 Å². The first-order valence-corrected chi connectivity index (χ1v) is 10.2. The number of carboxylic acid groups (broad SMARTS) is 1. The van der Waals surface area contributed by atoms with Gasteiger partial charge in [0.15, 0.2) is 0 Å². The highest BCUT2D eigenvalue weighted by molar-refractivity contribution is 9.10. The number of aromatic nitrogens is 2. The Morgan fingerprint density at radius 1 is 1.30 bits per heavy atom. The lowest BCUT2D eigenvalue weighted by atomic mass is 9.97. The van der Waals surface area contributed by atoms with Gasteiger partial charge >= 0.3 is 6.09 Å². The van der Waals surface area contributed by atoms with E-state index in [-0.39, 0.29) is 6.04 Å². The number of H-pyrrole nitrogens is 1. The van der Waals surface area contributed by atoms with Gasteiger partial charge in [0.05, 0.1) is 11.7 Å². The minimum atomic E-state index is -0.919. The van der Waals surface area contributed by atoms with Crippen LogP contribution in [-0.4, -0.2) is 31.6 Å². The molecule has 2 aromatic rings. The fraction of sp³-hybridized carbons (Fsp3) is 0.524. The van der Waals surface area contributed by atoms with Crippen molar-refractivity contribution >= 4 is 22.0 Å². The number of carbonyl (C=O) groups is 1. The van der Waals surface area contributed by atoms with E-state index in [2.05, 4.69) is 34.8 Å². The number of halogens is 1. The highest BCUT2D eigenvalue weighted by atomic mass is 79.9. The van der Waals surface area contributed by atoms with Crippen molar-refractivity contribution in [2.24, 2.45) is 5.92 Å². The van der Waals surface area contributed by atoms with Crippen LogP contribution in [0.5, 0.6) is 0 Å². The van der Waals surface area contributed by atoms with Gasteiger partial charge in [-0.25, -0.2) is 9.78 Å². The summed E-state index contributed by atoms with van der Waals surface area (Å²) in [7, 11) is 0. The maximum Gasteiger partial charge on any atom is 0.408 e. The van der Waals surface area contributed by atoms with Gasteiger partial charge in [-0.3, -0.25) is 4.90 Å². The van der Waals surface area contributed by atoms with Crippen LogP contribution in [0.3, 0.4) is 0 Å². The molecule has 0 spiro atoms. The van der Waals surface area contributed by atoms with E-state index >= 15 is 0 Å². The van der Waals surface area contributed by atoms with E-state index in [9.17, 15) is 9.90 Å². The van der Waals surface area contributed by atoms with Gasteiger partial charge in [0.25, 0.3) is 0 Å². The number of aromatic amines is 1. The van der Waals surface area contributed by atoms with E-state index in [1.807, 2.05) is 51.2 Å². The van der Waals surface area contributed by atoms with Crippen LogP contribution in [0, 0.1) is 5.92 Å². The first-order chi connectivity index (χ1) is 12.6. The summed E-state index contributed by atoms with van der Waals surface area (Å²) in [6.45, 7) is 10.1. The lowest BCUT2D eigenvalue weighted by Gasteiger charge is -2.39. The second-order valence-electron chi connectivity index (χ2n) is 8.35. The van der Waals surface area contributed by atoms with Crippen LogP contribution >= 0.6 is 15.9 Å². The third-order valence-corrected chi connectivity index (χ3v) is 5.03. The number of hydrogen-bond donors (Lipinski definition) is 2. The molecule has 0 bridgehead atoms. The van der Waals surface area contributed by atoms with Crippen molar-refractivity contribution in [2.45, 2.75) is 65.5 Å². The van der Waals surface area contributed by atoms with E-state index < -0.39 is 11.6 Å². The second kappa shape index (κ2) is 8.91. The maximum atomic E-state index is 12.1. The van der Waals surface area contributed by atoms with Crippen LogP contribution in [-0.2, 0) is 0 Å². The zero-order valence-corrected chi connectivity index (χ0v) is 18.4. The third-order valence-electron chi connectivity index (χ3n) is 4.53. The maximum absolute atomic E-state index is 12.1. The molecule has 0 radical (unpaired) electrons. The average Bonchev–Trinajstić information content (AvgIpc) is 3.01. The largest absolute Gasteiger partial charge is 0.465 e. The average molecular weight is 436 g/mol.